The van der Waals surface area contributed by atoms with E-state index < -0.39 is 35.6 Å². The number of rotatable bonds is 7. The Labute approximate surface area is 176 Å². The molecule has 0 bridgehead atoms. The summed E-state index contributed by atoms with van der Waals surface area (Å²) in [5.74, 6) is 4.02. The standard InChI is InChI=1S/C21H31N5O4/c1-12(2)17(19(28)26-22)25-18(27)16(24-20(29)30-21(3,4)5)10-13-11-23-15-9-7-6-8-14(13)15/h6-9,11-12,16-17,23H,10,22H2,1-5H3,(H,24,29)(H,25,27)(H,26,28)/t16-,17-/m1/s1. The maximum absolute atomic E-state index is 13.0. The lowest BCUT2D eigenvalue weighted by Gasteiger charge is -2.26. The number of ether oxygens (including phenoxy) is 1. The first-order valence-corrected chi connectivity index (χ1v) is 9.87. The summed E-state index contributed by atoms with van der Waals surface area (Å²) >= 11 is 0. The van der Waals surface area contributed by atoms with Crippen LogP contribution in [-0.4, -0.2) is 40.6 Å². The van der Waals surface area contributed by atoms with E-state index in [9.17, 15) is 14.4 Å². The predicted octanol–water partition coefficient (Wildman–Crippen LogP) is 1.73. The summed E-state index contributed by atoms with van der Waals surface area (Å²) < 4.78 is 5.31. The van der Waals surface area contributed by atoms with Crippen molar-refractivity contribution >= 4 is 28.8 Å². The van der Waals surface area contributed by atoms with Crippen LogP contribution in [0.4, 0.5) is 4.79 Å². The molecule has 1 heterocycles. The molecule has 6 N–H and O–H groups in total. The van der Waals surface area contributed by atoms with E-state index in [1.807, 2.05) is 24.3 Å². The Bertz CT molecular complexity index is 900. The molecule has 0 saturated carbocycles. The molecule has 2 atom stereocenters. The number of fused-ring (bicyclic) bond motifs is 1. The molecule has 3 amide bonds. The van der Waals surface area contributed by atoms with Crippen LogP contribution in [0.1, 0.15) is 40.2 Å². The summed E-state index contributed by atoms with van der Waals surface area (Å²) in [5, 5.41) is 6.26. The molecule has 0 spiro atoms. The molecule has 9 heteroatoms. The molecule has 9 nitrogen and oxygen atoms in total. The molecule has 0 fully saturated rings. The largest absolute Gasteiger partial charge is 0.444 e. The molecule has 0 aliphatic rings. The lowest BCUT2D eigenvalue weighted by atomic mass is 10.0. The number of benzene rings is 1. The minimum atomic E-state index is -0.953. The summed E-state index contributed by atoms with van der Waals surface area (Å²) in [7, 11) is 0. The van der Waals surface area contributed by atoms with Crippen LogP contribution < -0.4 is 21.9 Å². The molecule has 164 valence electrons. The quantitative estimate of drug-likeness (QED) is 0.265. The minimum Gasteiger partial charge on any atom is -0.444 e. The van der Waals surface area contributed by atoms with Crippen molar-refractivity contribution in [1.82, 2.24) is 21.0 Å². The number of hydrazine groups is 1. The van der Waals surface area contributed by atoms with Crippen LogP contribution in [-0.2, 0) is 20.7 Å². The lowest BCUT2D eigenvalue weighted by Crippen LogP contribution is -2.57. The van der Waals surface area contributed by atoms with E-state index >= 15 is 0 Å². The van der Waals surface area contributed by atoms with E-state index in [0.29, 0.717) is 0 Å². The normalized spacial score (nSPS) is 13.6. The maximum atomic E-state index is 13.0. The fourth-order valence-corrected chi connectivity index (χ4v) is 3.06. The van der Waals surface area contributed by atoms with Gasteiger partial charge in [0.1, 0.15) is 17.7 Å². The second kappa shape index (κ2) is 9.62. The van der Waals surface area contributed by atoms with Gasteiger partial charge in [0.25, 0.3) is 5.91 Å². The smallest absolute Gasteiger partial charge is 0.408 e. The monoisotopic (exact) mass is 417 g/mol. The van der Waals surface area contributed by atoms with Crippen LogP contribution in [0, 0.1) is 5.92 Å². The van der Waals surface area contributed by atoms with Crippen molar-refractivity contribution in [2.24, 2.45) is 11.8 Å². The number of aromatic amines is 1. The van der Waals surface area contributed by atoms with Gasteiger partial charge in [-0.05, 0) is 38.3 Å². The highest BCUT2D eigenvalue weighted by Crippen LogP contribution is 2.19. The molecule has 2 rings (SSSR count). The molecule has 0 saturated heterocycles. The number of carbonyl (C=O) groups is 3. The molecule has 2 aromatic rings. The lowest BCUT2D eigenvalue weighted by molar-refractivity contribution is -0.131. The molecular formula is C21H31N5O4. The molecule has 1 aromatic heterocycles. The van der Waals surface area contributed by atoms with Crippen molar-refractivity contribution in [2.45, 2.75) is 58.7 Å². The Hall–Kier alpha value is -3.07. The molecule has 0 aliphatic carbocycles. The second-order valence-corrected chi connectivity index (χ2v) is 8.50. The third-order valence-electron chi connectivity index (χ3n) is 4.50. The molecule has 0 radical (unpaired) electrons. The summed E-state index contributed by atoms with van der Waals surface area (Å²) in [6.07, 6.45) is 1.30. The Morgan fingerprint density at radius 2 is 1.77 bits per heavy atom. The Morgan fingerprint density at radius 3 is 2.37 bits per heavy atom. The van der Waals surface area contributed by atoms with E-state index in [2.05, 4.69) is 21.0 Å². The second-order valence-electron chi connectivity index (χ2n) is 8.50. The Kier molecular flexibility index (Phi) is 7.44. The van der Waals surface area contributed by atoms with Crippen molar-refractivity contribution in [2.75, 3.05) is 0 Å². The highest BCUT2D eigenvalue weighted by Gasteiger charge is 2.30. The van der Waals surface area contributed by atoms with Gasteiger partial charge in [-0.2, -0.15) is 0 Å². The van der Waals surface area contributed by atoms with Gasteiger partial charge >= 0.3 is 6.09 Å². The summed E-state index contributed by atoms with van der Waals surface area (Å²) in [6, 6.07) is 5.87. The van der Waals surface area contributed by atoms with Crippen molar-refractivity contribution in [3.8, 4) is 0 Å². The molecule has 30 heavy (non-hydrogen) atoms. The summed E-state index contributed by atoms with van der Waals surface area (Å²) in [6.45, 7) is 8.79. The number of nitrogens with one attached hydrogen (secondary N) is 4. The zero-order chi connectivity index (χ0) is 22.5. The summed E-state index contributed by atoms with van der Waals surface area (Å²) in [5.41, 5.74) is 3.12. The van der Waals surface area contributed by atoms with Gasteiger partial charge in [-0.15, -0.1) is 0 Å². The van der Waals surface area contributed by atoms with Crippen LogP contribution in [0.25, 0.3) is 10.9 Å². The van der Waals surface area contributed by atoms with Gasteiger partial charge in [0.05, 0.1) is 0 Å². The van der Waals surface area contributed by atoms with Crippen LogP contribution in [0.5, 0.6) is 0 Å². The van der Waals surface area contributed by atoms with Crippen molar-refractivity contribution in [3.05, 3.63) is 36.0 Å². The van der Waals surface area contributed by atoms with Gasteiger partial charge in [0.2, 0.25) is 5.91 Å². The van der Waals surface area contributed by atoms with Gasteiger partial charge in [0, 0.05) is 23.5 Å². The Balaban J connectivity index is 2.26. The number of alkyl carbamates (subject to hydrolysis) is 1. The molecule has 0 unspecified atom stereocenters. The average Bonchev–Trinajstić information content (AvgIpc) is 3.06. The first kappa shape index (κ1) is 23.2. The fourth-order valence-electron chi connectivity index (χ4n) is 3.06. The van der Waals surface area contributed by atoms with Crippen LogP contribution in [0.2, 0.25) is 0 Å². The average molecular weight is 418 g/mol. The number of nitrogens with two attached hydrogens (primary N) is 1. The van der Waals surface area contributed by atoms with Gasteiger partial charge in [0.15, 0.2) is 0 Å². The summed E-state index contributed by atoms with van der Waals surface area (Å²) in [4.78, 5) is 40.6. The van der Waals surface area contributed by atoms with E-state index in [-0.39, 0.29) is 12.3 Å². The third kappa shape index (κ3) is 6.21. The van der Waals surface area contributed by atoms with Gasteiger partial charge in [-0.1, -0.05) is 32.0 Å². The van der Waals surface area contributed by atoms with Crippen molar-refractivity contribution in [3.63, 3.8) is 0 Å². The number of para-hydroxylation sites is 1. The Morgan fingerprint density at radius 1 is 1.10 bits per heavy atom. The number of carbonyl (C=O) groups excluding carboxylic acids is 3. The zero-order valence-electron chi connectivity index (χ0n) is 18.0. The number of hydrogen-bond acceptors (Lipinski definition) is 5. The first-order chi connectivity index (χ1) is 14.0. The van der Waals surface area contributed by atoms with Gasteiger partial charge < -0.3 is 20.4 Å². The zero-order valence-corrected chi connectivity index (χ0v) is 18.0. The first-order valence-electron chi connectivity index (χ1n) is 9.87. The van der Waals surface area contributed by atoms with E-state index in [1.54, 1.807) is 40.8 Å². The van der Waals surface area contributed by atoms with Gasteiger partial charge in [-0.3, -0.25) is 15.0 Å². The van der Waals surface area contributed by atoms with E-state index in [0.717, 1.165) is 16.5 Å². The SMILES string of the molecule is CC(C)[C@@H](NC(=O)[C@@H](Cc1c[nH]c2ccccc12)NC(=O)OC(C)(C)C)C(=O)NN. The van der Waals surface area contributed by atoms with Crippen LogP contribution in [0.3, 0.4) is 0 Å². The van der Waals surface area contributed by atoms with Crippen LogP contribution >= 0.6 is 0 Å². The highest BCUT2D eigenvalue weighted by molar-refractivity contribution is 5.92. The number of hydrogen-bond donors (Lipinski definition) is 5. The fraction of sp³-hybridized carbons (Fsp3) is 0.476. The maximum Gasteiger partial charge on any atom is 0.408 e. The number of aromatic nitrogens is 1. The predicted molar refractivity (Wildman–Crippen MR) is 114 cm³/mol. The van der Waals surface area contributed by atoms with Crippen molar-refractivity contribution in [1.29, 1.82) is 0 Å². The topological polar surface area (TPSA) is 138 Å². The third-order valence-corrected chi connectivity index (χ3v) is 4.50. The highest BCUT2D eigenvalue weighted by atomic mass is 16.6. The minimum absolute atomic E-state index is 0.201. The molecular weight excluding hydrogens is 386 g/mol. The van der Waals surface area contributed by atoms with Crippen molar-refractivity contribution < 1.29 is 19.1 Å². The molecule has 0 aliphatic heterocycles. The number of H-pyrrole nitrogens is 1. The molecule has 1 aromatic carbocycles. The van der Waals surface area contributed by atoms with E-state index in [4.69, 9.17) is 10.6 Å². The number of amides is 3. The van der Waals surface area contributed by atoms with Crippen LogP contribution in [0.15, 0.2) is 30.5 Å². The van der Waals surface area contributed by atoms with Gasteiger partial charge in [-0.25, -0.2) is 10.6 Å². The van der Waals surface area contributed by atoms with E-state index in [1.165, 1.54) is 0 Å².